The largest absolute Gasteiger partial charge is 0.477 e. The monoisotopic (exact) mass is 296 g/mol. The van der Waals surface area contributed by atoms with Gasteiger partial charge in [0.1, 0.15) is 0 Å². The maximum absolute atomic E-state index is 11.1. The van der Waals surface area contributed by atoms with Gasteiger partial charge in [0.2, 0.25) is 5.82 Å². The number of carboxylic acid groups (broad SMARTS) is 1. The molecule has 0 fully saturated rings. The molecule has 1 N–H and O–H groups in total. The molecule has 1 rings (SSSR count). The highest BCUT2D eigenvalue weighted by Gasteiger charge is 2.23. The van der Waals surface area contributed by atoms with Crippen LogP contribution in [0.15, 0.2) is 12.1 Å². The standard InChI is InChI=1S/C13H20N4O4/c1-4-7-16(9-8-15(2)3)12-11(17(20)21)6-5-10(14-12)13(18)19/h5-6H,4,7-9H2,1-3H3,(H,18,19). The fourth-order valence-electron chi connectivity index (χ4n) is 1.85. The SMILES string of the molecule is CCCN(CCN(C)C)c1nc(C(=O)O)ccc1[N+](=O)[O-]. The van der Waals surface area contributed by atoms with Crippen LogP contribution in [0.1, 0.15) is 23.8 Å². The van der Waals surface area contributed by atoms with E-state index in [9.17, 15) is 14.9 Å². The molecule has 1 heterocycles. The van der Waals surface area contributed by atoms with Crippen molar-refractivity contribution in [2.75, 3.05) is 38.6 Å². The first-order valence-electron chi connectivity index (χ1n) is 6.65. The van der Waals surface area contributed by atoms with E-state index in [-0.39, 0.29) is 17.2 Å². The van der Waals surface area contributed by atoms with Crippen molar-refractivity contribution in [1.29, 1.82) is 0 Å². The third kappa shape index (κ3) is 4.67. The maximum atomic E-state index is 11.1. The number of carbonyl (C=O) groups is 1. The Morgan fingerprint density at radius 1 is 1.33 bits per heavy atom. The Morgan fingerprint density at radius 3 is 2.48 bits per heavy atom. The minimum atomic E-state index is -1.20. The highest BCUT2D eigenvalue weighted by molar-refractivity contribution is 5.86. The first kappa shape index (κ1) is 16.8. The zero-order valence-electron chi connectivity index (χ0n) is 12.4. The van der Waals surface area contributed by atoms with E-state index in [0.29, 0.717) is 19.6 Å². The van der Waals surface area contributed by atoms with Crippen molar-refractivity contribution in [1.82, 2.24) is 9.88 Å². The van der Waals surface area contributed by atoms with Crippen LogP contribution in [0, 0.1) is 10.1 Å². The molecule has 1 aromatic heterocycles. The van der Waals surface area contributed by atoms with Gasteiger partial charge >= 0.3 is 11.7 Å². The van der Waals surface area contributed by atoms with Crippen LogP contribution in [0.5, 0.6) is 0 Å². The van der Waals surface area contributed by atoms with Crippen LogP contribution >= 0.6 is 0 Å². The van der Waals surface area contributed by atoms with Crippen LogP contribution in [0.4, 0.5) is 11.5 Å². The van der Waals surface area contributed by atoms with E-state index in [2.05, 4.69) is 4.98 Å². The predicted octanol–water partition coefficient (Wildman–Crippen LogP) is 1.47. The number of nitro groups is 1. The molecular weight excluding hydrogens is 276 g/mol. The maximum Gasteiger partial charge on any atom is 0.354 e. The number of nitrogens with zero attached hydrogens (tertiary/aromatic N) is 4. The number of carboxylic acids is 1. The summed E-state index contributed by atoms with van der Waals surface area (Å²) in [5.41, 5.74) is -0.367. The lowest BCUT2D eigenvalue weighted by molar-refractivity contribution is -0.384. The molecular formula is C13H20N4O4. The van der Waals surface area contributed by atoms with E-state index in [0.717, 1.165) is 12.5 Å². The molecule has 0 saturated carbocycles. The highest BCUT2D eigenvalue weighted by atomic mass is 16.6. The third-order valence-electron chi connectivity index (χ3n) is 2.88. The van der Waals surface area contributed by atoms with Crippen LogP contribution in [-0.2, 0) is 0 Å². The number of pyridine rings is 1. The van der Waals surface area contributed by atoms with Crippen LogP contribution in [-0.4, -0.2) is 59.6 Å². The van der Waals surface area contributed by atoms with E-state index in [1.54, 1.807) is 4.90 Å². The zero-order chi connectivity index (χ0) is 16.0. The second kappa shape index (κ2) is 7.53. The van der Waals surface area contributed by atoms with Gasteiger partial charge in [-0.25, -0.2) is 9.78 Å². The van der Waals surface area contributed by atoms with Gasteiger partial charge in [0.15, 0.2) is 5.69 Å². The summed E-state index contributed by atoms with van der Waals surface area (Å²) in [4.78, 5) is 29.3. The van der Waals surface area contributed by atoms with Crippen LogP contribution in [0.3, 0.4) is 0 Å². The fourth-order valence-corrected chi connectivity index (χ4v) is 1.85. The summed E-state index contributed by atoms with van der Waals surface area (Å²) in [6.45, 7) is 3.76. The summed E-state index contributed by atoms with van der Waals surface area (Å²) in [5.74, 6) is -1.08. The van der Waals surface area contributed by atoms with Crippen molar-refractivity contribution in [3.05, 3.63) is 27.9 Å². The Morgan fingerprint density at radius 2 is 2.00 bits per heavy atom. The van der Waals surface area contributed by atoms with Crippen molar-refractivity contribution in [2.45, 2.75) is 13.3 Å². The van der Waals surface area contributed by atoms with Crippen molar-refractivity contribution in [3.8, 4) is 0 Å². The number of aromatic nitrogens is 1. The molecule has 0 atom stereocenters. The van der Waals surface area contributed by atoms with E-state index < -0.39 is 10.9 Å². The van der Waals surface area contributed by atoms with E-state index in [1.807, 2.05) is 25.9 Å². The third-order valence-corrected chi connectivity index (χ3v) is 2.88. The predicted molar refractivity (Wildman–Crippen MR) is 78.9 cm³/mol. The van der Waals surface area contributed by atoms with Crippen molar-refractivity contribution in [2.24, 2.45) is 0 Å². The average Bonchev–Trinajstić information content (AvgIpc) is 2.42. The molecule has 0 spiro atoms. The number of anilines is 1. The van der Waals surface area contributed by atoms with E-state index in [1.165, 1.54) is 6.07 Å². The summed E-state index contributed by atoms with van der Waals surface area (Å²) < 4.78 is 0. The Balaban J connectivity index is 3.21. The van der Waals surface area contributed by atoms with Gasteiger partial charge in [-0.15, -0.1) is 0 Å². The van der Waals surface area contributed by atoms with Gasteiger partial charge in [-0.2, -0.15) is 0 Å². The van der Waals surface area contributed by atoms with Crippen molar-refractivity contribution in [3.63, 3.8) is 0 Å². The lowest BCUT2D eigenvalue weighted by Crippen LogP contribution is -2.33. The number of rotatable bonds is 8. The smallest absolute Gasteiger partial charge is 0.354 e. The van der Waals surface area contributed by atoms with Gasteiger partial charge in [0.25, 0.3) is 0 Å². The first-order valence-corrected chi connectivity index (χ1v) is 6.65. The van der Waals surface area contributed by atoms with E-state index in [4.69, 9.17) is 5.11 Å². The van der Waals surface area contributed by atoms with Gasteiger partial charge in [-0.3, -0.25) is 10.1 Å². The first-order chi connectivity index (χ1) is 9.86. The number of hydrogen-bond donors (Lipinski definition) is 1. The quantitative estimate of drug-likeness (QED) is 0.572. The molecule has 0 aromatic carbocycles. The fraction of sp³-hybridized carbons (Fsp3) is 0.538. The molecule has 8 nitrogen and oxygen atoms in total. The number of hydrogen-bond acceptors (Lipinski definition) is 6. The summed E-state index contributed by atoms with van der Waals surface area (Å²) in [6, 6.07) is 2.35. The molecule has 0 aliphatic rings. The summed E-state index contributed by atoms with van der Waals surface area (Å²) in [5, 5.41) is 20.1. The molecule has 8 heteroatoms. The van der Waals surface area contributed by atoms with Crippen LogP contribution in [0.2, 0.25) is 0 Å². The molecule has 0 radical (unpaired) electrons. The second-order valence-corrected chi connectivity index (χ2v) is 4.89. The normalized spacial score (nSPS) is 10.7. The topological polar surface area (TPSA) is 99.8 Å². The molecule has 1 aromatic rings. The van der Waals surface area contributed by atoms with Crippen LogP contribution < -0.4 is 4.90 Å². The lowest BCUT2D eigenvalue weighted by Gasteiger charge is -2.24. The summed E-state index contributed by atoms with van der Waals surface area (Å²) in [6.07, 6.45) is 0.781. The molecule has 0 bridgehead atoms. The Hall–Kier alpha value is -2.22. The zero-order valence-corrected chi connectivity index (χ0v) is 12.4. The summed E-state index contributed by atoms with van der Waals surface area (Å²) in [7, 11) is 3.80. The van der Waals surface area contributed by atoms with Crippen LogP contribution in [0.25, 0.3) is 0 Å². The van der Waals surface area contributed by atoms with E-state index >= 15 is 0 Å². The molecule has 0 amide bonds. The average molecular weight is 296 g/mol. The Kier molecular flexibility index (Phi) is 6.04. The van der Waals surface area contributed by atoms with Gasteiger partial charge in [0, 0.05) is 25.7 Å². The Labute approximate surface area is 123 Å². The van der Waals surface area contributed by atoms with Gasteiger partial charge in [0.05, 0.1) is 4.92 Å². The molecule has 21 heavy (non-hydrogen) atoms. The minimum absolute atomic E-state index is 0.114. The molecule has 0 aliphatic heterocycles. The molecule has 116 valence electrons. The summed E-state index contributed by atoms with van der Waals surface area (Å²) >= 11 is 0. The highest BCUT2D eigenvalue weighted by Crippen LogP contribution is 2.26. The van der Waals surface area contributed by atoms with Gasteiger partial charge in [-0.1, -0.05) is 6.92 Å². The molecule has 0 unspecified atom stereocenters. The van der Waals surface area contributed by atoms with Gasteiger partial charge in [-0.05, 0) is 26.6 Å². The second-order valence-electron chi connectivity index (χ2n) is 4.89. The minimum Gasteiger partial charge on any atom is -0.477 e. The van der Waals surface area contributed by atoms with Crippen molar-refractivity contribution < 1.29 is 14.8 Å². The van der Waals surface area contributed by atoms with Gasteiger partial charge < -0.3 is 14.9 Å². The lowest BCUT2D eigenvalue weighted by atomic mass is 10.2. The number of aromatic carboxylic acids is 1. The Bertz CT molecular complexity index is 519. The van der Waals surface area contributed by atoms with Crippen molar-refractivity contribution >= 4 is 17.5 Å². The molecule has 0 saturated heterocycles. The molecule has 0 aliphatic carbocycles. The number of likely N-dealkylation sites (N-methyl/N-ethyl adjacent to an activating group) is 1.